The number of nitrogens with one attached hydrogen (secondary N) is 2. The Morgan fingerprint density at radius 1 is 1.09 bits per heavy atom. The molecule has 0 heterocycles. The summed E-state index contributed by atoms with van der Waals surface area (Å²) in [5.74, 6) is -0.500. The summed E-state index contributed by atoms with van der Waals surface area (Å²) < 4.78 is 13.0. The topological polar surface area (TPSA) is 61.4 Å². The lowest BCUT2D eigenvalue weighted by molar-refractivity contribution is 0.0915. The van der Waals surface area contributed by atoms with Crippen molar-refractivity contribution >= 4 is 5.91 Å². The van der Waals surface area contributed by atoms with Gasteiger partial charge in [-0.3, -0.25) is 4.79 Å². The molecule has 0 saturated carbocycles. The number of carbonyl (C=O) groups is 1. The van der Waals surface area contributed by atoms with E-state index in [9.17, 15) is 14.3 Å². The van der Waals surface area contributed by atoms with Crippen molar-refractivity contribution in [2.75, 3.05) is 13.1 Å². The Morgan fingerprint density at radius 3 is 2.59 bits per heavy atom. The standard InChI is InChI=1S/C17H19FN2O2/c18-15-8-4-5-13(9-15)10-19-11-16(21)12-20-17(22)14-6-2-1-3-7-14/h1-9,16,19,21H,10-12H2,(H,20,22). The first-order valence-electron chi connectivity index (χ1n) is 7.11. The molecule has 2 aromatic carbocycles. The van der Waals surface area contributed by atoms with Crippen LogP contribution in [0, 0.1) is 5.82 Å². The van der Waals surface area contributed by atoms with Crippen LogP contribution in [-0.2, 0) is 6.54 Å². The smallest absolute Gasteiger partial charge is 0.251 e. The second-order valence-electron chi connectivity index (χ2n) is 4.99. The largest absolute Gasteiger partial charge is 0.390 e. The van der Waals surface area contributed by atoms with E-state index in [0.29, 0.717) is 18.7 Å². The minimum absolute atomic E-state index is 0.157. The number of benzene rings is 2. The quantitative estimate of drug-likeness (QED) is 0.729. The van der Waals surface area contributed by atoms with E-state index in [2.05, 4.69) is 10.6 Å². The third-order valence-corrected chi connectivity index (χ3v) is 3.13. The van der Waals surface area contributed by atoms with E-state index in [1.54, 1.807) is 36.4 Å². The zero-order valence-corrected chi connectivity index (χ0v) is 12.1. The van der Waals surface area contributed by atoms with Gasteiger partial charge in [0.1, 0.15) is 5.82 Å². The van der Waals surface area contributed by atoms with Gasteiger partial charge in [-0.05, 0) is 29.8 Å². The SMILES string of the molecule is O=C(NCC(O)CNCc1cccc(F)c1)c1ccccc1. The summed E-state index contributed by atoms with van der Waals surface area (Å²) in [5, 5.41) is 15.5. The molecule has 4 nitrogen and oxygen atoms in total. The average molecular weight is 302 g/mol. The predicted octanol–water partition coefficient (Wildman–Crippen LogP) is 1.71. The van der Waals surface area contributed by atoms with Crippen LogP contribution in [0.15, 0.2) is 54.6 Å². The van der Waals surface area contributed by atoms with Gasteiger partial charge in [0, 0.05) is 25.2 Å². The van der Waals surface area contributed by atoms with E-state index in [4.69, 9.17) is 0 Å². The van der Waals surface area contributed by atoms with Gasteiger partial charge in [0.2, 0.25) is 0 Å². The van der Waals surface area contributed by atoms with Gasteiger partial charge in [0.25, 0.3) is 5.91 Å². The van der Waals surface area contributed by atoms with Crippen LogP contribution in [0.3, 0.4) is 0 Å². The number of halogens is 1. The summed E-state index contributed by atoms with van der Waals surface area (Å²) in [6.07, 6.45) is -0.707. The zero-order chi connectivity index (χ0) is 15.8. The highest BCUT2D eigenvalue weighted by Crippen LogP contribution is 2.02. The van der Waals surface area contributed by atoms with Gasteiger partial charge < -0.3 is 15.7 Å². The van der Waals surface area contributed by atoms with E-state index in [-0.39, 0.29) is 18.3 Å². The maximum Gasteiger partial charge on any atom is 0.251 e. The molecule has 0 aliphatic heterocycles. The van der Waals surface area contributed by atoms with Crippen molar-refractivity contribution in [1.82, 2.24) is 10.6 Å². The number of hydrogen-bond acceptors (Lipinski definition) is 3. The third kappa shape index (κ3) is 5.27. The number of hydrogen-bond donors (Lipinski definition) is 3. The van der Waals surface area contributed by atoms with E-state index in [0.717, 1.165) is 5.56 Å². The maximum atomic E-state index is 13.0. The second-order valence-corrected chi connectivity index (χ2v) is 4.99. The number of rotatable bonds is 7. The molecule has 0 radical (unpaired) electrons. The Kier molecular flexibility index (Phi) is 6.06. The lowest BCUT2D eigenvalue weighted by Gasteiger charge is -2.13. The van der Waals surface area contributed by atoms with Gasteiger partial charge >= 0.3 is 0 Å². The Bertz CT molecular complexity index is 605. The number of aliphatic hydroxyl groups excluding tert-OH is 1. The van der Waals surface area contributed by atoms with Crippen LogP contribution < -0.4 is 10.6 Å². The molecule has 22 heavy (non-hydrogen) atoms. The van der Waals surface area contributed by atoms with Crippen LogP contribution in [0.5, 0.6) is 0 Å². The molecule has 1 amide bonds. The van der Waals surface area contributed by atoms with Crippen LogP contribution in [0.25, 0.3) is 0 Å². The summed E-state index contributed by atoms with van der Waals surface area (Å²) in [7, 11) is 0. The Morgan fingerprint density at radius 2 is 1.86 bits per heavy atom. The molecule has 0 fully saturated rings. The third-order valence-electron chi connectivity index (χ3n) is 3.13. The van der Waals surface area contributed by atoms with Gasteiger partial charge in [-0.2, -0.15) is 0 Å². The molecule has 3 N–H and O–H groups in total. The molecule has 1 unspecified atom stereocenters. The number of carbonyl (C=O) groups excluding carboxylic acids is 1. The van der Waals surface area contributed by atoms with Crippen molar-refractivity contribution < 1.29 is 14.3 Å². The van der Waals surface area contributed by atoms with Crippen LogP contribution in [0.4, 0.5) is 4.39 Å². The molecule has 1 atom stereocenters. The number of amides is 1. The van der Waals surface area contributed by atoms with Crippen molar-refractivity contribution in [2.24, 2.45) is 0 Å². The fourth-order valence-electron chi connectivity index (χ4n) is 2.00. The lowest BCUT2D eigenvalue weighted by atomic mass is 10.2. The van der Waals surface area contributed by atoms with E-state index < -0.39 is 6.10 Å². The molecule has 2 rings (SSSR count). The molecule has 5 heteroatoms. The van der Waals surface area contributed by atoms with Crippen LogP contribution >= 0.6 is 0 Å². The molecule has 0 aromatic heterocycles. The molecule has 0 aliphatic carbocycles. The first kappa shape index (κ1) is 16.1. The normalized spacial score (nSPS) is 11.9. The fourth-order valence-corrected chi connectivity index (χ4v) is 2.00. The van der Waals surface area contributed by atoms with Gasteiger partial charge in [0.05, 0.1) is 6.10 Å². The van der Waals surface area contributed by atoms with E-state index in [1.807, 2.05) is 6.07 Å². The highest BCUT2D eigenvalue weighted by atomic mass is 19.1. The molecule has 0 bridgehead atoms. The second kappa shape index (κ2) is 8.26. The molecular formula is C17H19FN2O2. The molecule has 2 aromatic rings. The van der Waals surface area contributed by atoms with Crippen molar-refractivity contribution in [3.63, 3.8) is 0 Å². The summed E-state index contributed by atoms with van der Waals surface area (Å²) in [6.45, 7) is 0.927. The predicted molar refractivity (Wildman–Crippen MR) is 82.9 cm³/mol. The van der Waals surface area contributed by atoms with Gasteiger partial charge in [-0.1, -0.05) is 30.3 Å². The van der Waals surface area contributed by atoms with Crippen molar-refractivity contribution in [3.8, 4) is 0 Å². The van der Waals surface area contributed by atoms with Crippen molar-refractivity contribution in [3.05, 3.63) is 71.5 Å². The van der Waals surface area contributed by atoms with Crippen LogP contribution in [-0.4, -0.2) is 30.2 Å². The zero-order valence-electron chi connectivity index (χ0n) is 12.1. The monoisotopic (exact) mass is 302 g/mol. The highest BCUT2D eigenvalue weighted by Gasteiger charge is 2.08. The van der Waals surface area contributed by atoms with E-state index >= 15 is 0 Å². The van der Waals surface area contributed by atoms with Crippen LogP contribution in [0.2, 0.25) is 0 Å². The molecule has 116 valence electrons. The number of aliphatic hydroxyl groups is 1. The molecular weight excluding hydrogens is 283 g/mol. The van der Waals surface area contributed by atoms with Gasteiger partial charge in [-0.25, -0.2) is 4.39 Å². The van der Waals surface area contributed by atoms with Crippen molar-refractivity contribution in [1.29, 1.82) is 0 Å². The minimum Gasteiger partial charge on any atom is -0.390 e. The lowest BCUT2D eigenvalue weighted by Crippen LogP contribution is -2.37. The Balaban J connectivity index is 1.68. The first-order chi connectivity index (χ1) is 10.6. The molecule has 0 saturated heterocycles. The summed E-state index contributed by atoms with van der Waals surface area (Å²) >= 11 is 0. The molecule has 0 spiro atoms. The highest BCUT2D eigenvalue weighted by molar-refractivity contribution is 5.94. The summed E-state index contributed by atoms with van der Waals surface area (Å²) in [6, 6.07) is 15.1. The van der Waals surface area contributed by atoms with Crippen LogP contribution in [0.1, 0.15) is 15.9 Å². The Hall–Kier alpha value is -2.24. The maximum absolute atomic E-state index is 13.0. The summed E-state index contributed by atoms with van der Waals surface area (Å²) in [5.41, 5.74) is 1.36. The van der Waals surface area contributed by atoms with Crippen molar-refractivity contribution in [2.45, 2.75) is 12.6 Å². The van der Waals surface area contributed by atoms with Gasteiger partial charge in [0.15, 0.2) is 0 Å². The first-order valence-corrected chi connectivity index (χ1v) is 7.11. The van der Waals surface area contributed by atoms with Gasteiger partial charge in [-0.15, -0.1) is 0 Å². The fraction of sp³-hybridized carbons (Fsp3) is 0.235. The molecule has 0 aliphatic rings. The summed E-state index contributed by atoms with van der Waals surface area (Å²) in [4.78, 5) is 11.8. The average Bonchev–Trinajstić information content (AvgIpc) is 2.53. The Labute approximate surface area is 129 Å². The minimum atomic E-state index is -0.707. The van der Waals surface area contributed by atoms with E-state index in [1.165, 1.54) is 12.1 Å².